The molecule has 5 heteroatoms. The molecule has 1 amide bonds. The third kappa shape index (κ3) is 9.27. The molecular formula is C28H49NO3Sn. The second-order valence-corrected chi connectivity index (χ2v) is 24.1. The number of amides is 1. The fraction of sp³-hybridized carbons (Fsp3) is 0.679. The number of aliphatic hydroxyl groups is 1. The molecule has 188 valence electrons. The van der Waals surface area contributed by atoms with E-state index in [1.54, 1.807) is 0 Å². The van der Waals surface area contributed by atoms with Gasteiger partial charge in [-0.05, 0) is 0 Å². The molecule has 0 saturated heterocycles. The zero-order valence-corrected chi connectivity index (χ0v) is 25.0. The average molecular weight is 566 g/mol. The standard InChI is InChI=1S/C16H22NO3.3C4H9.Sn/c1-5-11-17(15(19)20-16(2,3)4)14(12-18)13-9-7-6-8-10-13;3*1-3-4-2;/h5-11,14,18H,1,12H2,2-4H3;3*1,3-4H2,2H3;/t14-;;;;/m0..../s1. The molecular weight excluding hydrogens is 517 g/mol. The van der Waals surface area contributed by atoms with Crippen LogP contribution in [0.4, 0.5) is 4.79 Å². The Morgan fingerprint density at radius 3 is 1.88 bits per heavy atom. The summed E-state index contributed by atoms with van der Waals surface area (Å²) in [6, 6.07) is 9.46. The maximum absolute atomic E-state index is 13.8. The van der Waals surface area contributed by atoms with Crippen LogP contribution >= 0.6 is 0 Å². The summed E-state index contributed by atoms with van der Waals surface area (Å²) in [5.74, 6) is 0. The van der Waals surface area contributed by atoms with E-state index in [1.165, 1.54) is 32.6 Å². The van der Waals surface area contributed by atoms with Crippen LogP contribution < -0.4 is 0 Å². The van der Waals surface area contributed by atoms with Crippen molar-refractivity contribution < 1.29 is 14.6 Å². The summed E-state index contributed by atoms with van der Waals surface area (Å²) in [5, 5.41) is 10.6. The van der Waals surface area contributed by atoms with E-state index in [4.69, 9.17) is 4.74 Å². The zero-order valence-electron chi connectivity index (χ0n) is 22.1. The van der Waals surface area contributed by atoms with Crippen LogP contribution in [0.3, 0.4) is 0 Å². The Bertz CT molecular complexity index is 664. The number of hydrogen-bond acceptors (Lipinski definition) is 3. The molecule has 0 radical (unpaired) electrons. The van der Waals surface area contributed by atoms with Crippen LogP contribution in [0.25, 0.3) is 0 Å². The number of nitrogens with zero attached hydrogens (tertiary/aromatic N) is 1. The van der Waals surface area contributed by atoms with E-state index in [1.807, 2.05) is 62.1 Å². The van der Waals surface area contributed by atoms with Crippen LogP contribution in [0.1, 0.15) is 91.7 Å². The first-order valence-corrected chi connectivity index (χ1v) is 20.7. The van der Waals surface area contributed by atoms with Gasteiger partial charge in [0, 0.05) is 0 Å². The second-order valence-electron chi connectivity index (χ2n) is 10.4. The molecule has 2 atom stereocenters. The van der Waals surface area contributed by atoms with E-state index in [-0.39, 0.29) is 16.8 Å². The number of unbranched alkanes of at least 4 members (excludes halogenated alkanes) is 3. The monoisotopic (exact) mass is 567 g/mol. The molecule has 1 aromatic rings. The van der Waals surface area contributed by atoms with Gasteiger partial charge in [0.15, 0.2) is 0 Å². The topological polar surface area (TPSA) is 49.8 Å². The van der Waals surface area contributed by atoms with Gasteiger partial charge >= 0.3 is 208 Å². The summed E-state index contributed by atoms with van der Waals surface area (Å²) in [4.78, 5) is 15.7. The van der Waals surface area contributed by atoms with Crippen molar-refractivity contribution in [3.05, 3.63) is 48.6 Å². The van der Waals surface area contributed by atoms with Crippen molar-refractivity contribution in [2.75, 3.05) is 6.61 Å². The van der Waals surface area contributed by atoms with E-state index in [0.717, 1.165) is 24.8 Å². The van der Waals surface area contributed by atoms with Gasteiger partial charge < -0.3 is 0 Å². The quantitative estimate of drug-likeness (QED) is 0.174. The number of carbonyl (C=O) groups is 1. The molecule has 0 fully saturated rings. The molecule has 0 unspecified atom stereocenters. The van der Waals surface area contributed by atoms with Crippen molar-refractivity contribution in [3.63, 3.8) is 0 Å². The Labute approximate surface area is 207 Å². The number of hydrogen-bond donors (Lipinski definition) is 1. The molecule has 0 aliphatic heterocycles. The van der Waals surface area contributed by atoms with Crippen LogP contribution in [-0.4, -0.2) is 50.7 Å². The molecule has 0 aliphatic carbocycles. The molecule has 0 heterocycles. The normalized spacial score (nSPS) is 13.9. The van der Waals surface area contributed by atoms with Crippen molar-refractivity contribution in [2.24, 2.45) is 0 Å². The van der Waals surface area contributed by atoms with Crippen molar-refractivity contribution in [2.45, 2.75) is 109 Å². The molecule has 0 saturated carbocycles. The van der Waals surface area contributed by atoms with Crippen LogP contribution in [-0.2, 0) is 4.74 Å². The van der Waals surface area contributed by atoms with Crippen LogP contribution in [0.15, 0.2) is 43.0 Å². The Kier molecular flexibility index (Phi) is 13.7. The summed E-state index contributed by atoms with van der Waals surface area (Å²) in [5.41, 5.74) is 0.339. The maximum atomic E-state index is 13.8. The molecule has 33 heavy (non-hydrogen) atoms. The number of carbonyl (C=O) groups excluding carboxylic acids is 1. The third-order valence-electron chi connectivity index (χ3n) is 6.53. The number of ether oxygens (including phenoxy) is 1. The SMILES string of the molecule is C=C[C@@H](N(C(=O)OC(C)(C)C)[C@@H](CO)c1ccccc1)[Sn]([CH2]CCC)([CH2]CCC)[CH2]CCC. The summed E-state index contributed by atoms with van der Waals surface area (Å²) >= 11 is -2.98. The first-order chi connectivity index (χ1) is 15.7. The van der Waals surface area contributed by atoms with Gasteiger partial charge in [0.25, 0.3) is 0 Å². The van der Waals surface area contributed by atoms with Gasteiger partial charge in [-0.1, -0.05) is 0 Å². The minimum atomic E-state index is -2.98. The Morgan fingerprint density at radius 2 is 1.52 bits per heavy atom. The minimum absolute atomic E-state index is 0.0174. The van der Waals surface area contributed by atoms with Crippen LogP contribution in [0, 0.1) is 0 Å². The number of benzene rings is 1. The van der Waals surface area contributed by atoms with E-state index in [9.17, 15) is 9.90 Å². The number of rotatable bonds is 15. The molecule has 1 aromatic carbocycles. The van der Waals surface area contributed by atoms with Gasteiger partial charge in [0.1, 0.15) is 0 Å². The zero-order chi connectivity index (χ0) is 24.9. The van der Waals surface area contributed by atoms with Gasteiger partial charge in [0.05, 0.1) is 0 Å². The number of aliphatic hydroxyl groups excluding tert-OH is 1. The van der Waals surface area contributed by atoms with E-state index >= 15 is 0 Å². The average Bonchev–Trinajstić information content (AvgIpc) is 2.79. The predicted octanol–water partition coefficient (Wildman–Crippen LogP) is 7.90. The fourth-order valence-corrected chi connectivity index (χ4v) is 22.5. The van der Waals surface area contributed by atoms with Gasteiger partial charge in [0.2, 0.25) is 0 Å². The van der Waals surface area contributed by atoms with Gasteiger partial charge in [-0.3, -0.25) is 0 Å². The molecule has 1 rings (SSSR count). The summed E-state index contributed by atoms with van der Waals surface area (Å²) < 4.78 is 9.67. The van der Waals surface area contributed by atoms with E-state index in [0.29, 0.717) is 0 Å². The molecule has 4 nitrogen and oxygen atoms in total. The van der Waals surface area contributed by atoms with Gasteiger partial charge in [-0.25, -0.2) is 0 Å². The Hall–Kier alpha value is -1.01. The fourth-order valence-electron chi connectivity index (χ4n) is 4.84. The van der Waals surface area contributed by atoms with E-state index < -0.39 is 30.0 Å². The van der Waals surface area contributed by atoms with Crippen LogP contribution in [0.5, 0.6) is 0 Å². The van der Waals surface area contributed by atoms with Gasteiger partial charge in [-0.15, -0.1) is 0 Å². The van der Waals surface area contributed by atoms with Crippen LogP contribution in [0.2, 0.25) is 13.3 Å². The molecule has 0 bridgehead atoms. The Morgan fingerprint density at radius 1 is 1.03 bits per heavy atom. The van der Waals surface area contributed by atoms with Gasteiger partial charge in [-0.2, -0.15) is 0 Å². The summed E-state index contributed by atoms with van der Waals surface area (Å²) in [6.07, 6.45) is 8.79. The molecule has 0 aliphatic rings. The second kappa shape index (κ2) is 15.1. The first kappa shape index (κ1) is 30.0. The van der Waals surface area contributed by atoms with E-state index in [2.05, 4.69) is 27.4 Å². The molecule has 1 N–H and O–H groups in total. The summed E-state index contributed by atoms with van der Waals surface area (Å²) in [6.45, 7) is 16.6. The first-order valence-electron chi connectivity index (χ1n) is 13.0. The van der Waals surface area contributed by atoms with Crippen molar-refractivity contribution >= 4 is 24.5 Å². The third-order valence-corrected chi connectivity index (χ3v) is 23.1. The molecule has 0 aromatic heterocycles. The summed E-state index contributed by atoms with van der Waals surface area (Å²) in [7, 11) is 0. The van der Waals surface area contributed by atoms with Crippen molar-refractivity contribution in [1.82, 2.24) is 4.90 Å². The van der Waals surface area contributed by atoms with Crippen molar-refractivity contribution in [3.8, 4) is 0 Å². The molecule has 0 spiro atoms. The van der Waals surface area contributed by atoms with Crippen molar-refractivity contribution in [1.29, 1.82) is 0 Å². The Balaban J connectivity index is 3.65. The predicted molar refractivity (Wildman–Crippen MR) is 143 cm³/mol.